The van der Waals surface area contributed by atoms with Gasteiger partial charge in [0.2, 0.25) is 5.90 Å². The molecule has 1 aliphatic rings. The Balaban J connectivity index is 2.40. The molecule has 17 heavy (non-hydrogen) atoms. The van der Waals surface area contributed by atoms with Gasteiger partial charge in [-0.15, -0.1) is 0 Å². The SMILES string of the molecule is CC1N=C(c2cc(Br)c(N)c(Br)c2)OC1=CCl. The lowest BCUT2D eigenvalue weighted by molar-refractivity contribution is 0.423. The monoisotopic (exact) mass is 378 g/mol. The van der Waals surface area contributed by atoms with Crippen molar-refractivity contribution in [2.45, 2.75) is 13.0 Å². The fourth-order valence-corrected chi connectivity index (χ4v) is 2.83. The van der Waals surface area contributed by atoms with Crippen LogP contribution in [0.1, 0.15) is 12.5 Å². The van der Waals surface area contributed by atoms with Crippen molar-refractivity contribution in [1.29, 1.82) is 0 Å². The number of aliphatic imine (C=N–C) groups is 1. The first kappa shape index (κ1) is 12.9. The summed E-state index contributed by atoms with van der Waals surface area (Å²) in [5, 5.41) is 0. The minimum Gasteiger partial charge on any atom is -0.440 e. The van der Waals surface area contributed by atoms with Gasteiger partial charge >= 0.3 is 0 Å². The van der Waals surface area contributed by atoms with Gasteiger partial charge in [0.15, 0.2) is 0 Å². The molecule has 1 aromatic carbocycles. The number of nitrogens with zero attached hydrogens (tertiary/aromatic N) is 1. The molecule has 0 aliphatic carbocycles. The van der Waals surface area contributed by atoms with Crippen molar-refractivity contribution in [3.8, 4) is 0 Å². The van der Waals surface area contributed by atoms with Crippen LogP contribution >= 0.6 is 43.5 Å². The normalized spacial score (nSPS) is 21.5. The lowest BCUT2D eigenvalue weighted by Gasteiger charge is -2.06. The zero-order valence-electron chi connectivity index (χ0n) is 8.88. The topological polar surface area (TPSA) is 47.6 Å². The van der Waals surface area contributed by atoms with Gasteiger partial charge in [-0.3, -0.25) is 0 Å². The fourth-order valence-electron chi connectivity index (χ4n) is 1.42. The average molecular weight is 380 g/mol. The van der Waals surface area contributed by atoms with Crippen LogP contribution in [-0.4, -0.2) is 11.9 Å². The van der Waals surface area contributed by atoms with E-state index >= 15 is 0 Å². The van der Waals surface area contributed by atoms with Crippen LogP contribution in [0.3, 0.4) is 0 Å². The molecule has 0 amide bonds. The number of anilines is 1. The van der Waals surface area contributed by atoms with Gasteiger partial charge < -0.3 is 10.5 Å². The molecule has 6 heteroatoms. The molecule has 2 rings (SSSR count). The number of nitrogens with two attached hydrogens (primary N) is 1. The molecule has 0 fully saturated rings. The summed E-state index contributed by atoms with van der Waals surface area (Å²) in [4.78, 5) is 4.38. The summed E-state index contributed by atoms with van der Waals surface area (Å²) in [6.45, 7) is 1.92. The smallest absolute Gasteiger partial charge is 0.222 e. The van der Waals surface area contributed by atoms with Gasteiger partial charge in [-0.25, -0.2) is 4.99 Å². The molecular weight excluding hydrogens is 371 g/mol. The second-order valence-corrected chi connectivity index (χ2v) is 5.50. The highest BCUT2D eigenvalue weighted by atomic mass is 79.9. The highest BCUT2D eigenvalue weighted by Gasteiger charge is 2.23. The first-order chi connectivity index (χ1) is 8.02. The third kappa shape index (κ3) is 2.51. The highest BCUT2D eigenvalue weighted by molar-refractivity contribution is 9.11. The molecule has 0 saturated heterocycles. The van der Waals surface area contributed by atoms with Gasteiger partial charge in [0.25, 0.3) is 0 Å². The third-order valence-corrected chi connectivity index (χ3v) is 3.90. The number of ether oxygens (including phenoxy) is 1. The Labute approximate surface area is 121 Å². The van der Waals surface area contributed by atoms with Crippen LogP contribution in [0.4, 0.5) is 5.69 Å². The van der Waals surface area contributed by atoms with E-state index in [0.717, 1.165) is 14.5 Å². The molecule has 2 N–H and O–H groups in total. The molecule has 0 spiro atoms. The maximum absolute atomic E-state index is 5.82. The van der Waals surface area contributed by atoms with E-state index in [4.69, 9.17) is 22.1 Å². The zero-order valence-corrected chi connectivity index (χ0v) is 12.8. The summed E-state index contributed by atoms with van der Waals surface area (Å²) in [7, 11) is 0. The van der Waals surface area contributed by atoms with Crippen molar-refractivity contribution in [3.05, 3.63) is 37.9 Å². The van der Waals surface area contributed by atoms with E-state index < -0.39 is 0 Å². The Morgan fingerprint density at radius 1 is 1.41 bits per heavy atom. The number of hydrogen-bond donors (Lipinski definition) is 1. The number of hydrogen-bond acceptors (Lipinski definition) is 3. The summed E-state index contributed by atoms with van der Waals surface area (Å²) in [5.41, 5.74) is 8.72. The lowest BCUT2D eigenvalue weighted by Crippen LogP contribution is -2.02. The van der Waals surface area contributed by atoms with E-state index in [2.05, 4.69) is 36.9 Å². The fraction of sp³-hybridized carbons (Fsp3) is 0.182. The van der Waals surface area contributed by atoms with Crippen LogP contribution in [0.25, 0.3) is 0 Å². The van der Waals surface area contributed by atoms with Crippen LogP contribution in [0.5, 0.6) is 0 Å². The van der Waals surface area contributed by atoms with Crippen molar-refractivity contribution in [1.82, 2.24) is 0 Å². The van der Waals surface area contributed by atoms with Gasteiger partial charge in [0.1, 0.15) is 11.8 Å². The number of nitrogen functional groups attached to an aromatic ring is 1. The molecule has 0 aromatic heterocycles. The zero-order chi connectivity index (χ0) is 12.6. The van der Waals surface area contributed by atoms with Gasteiger partial charge in [-0.2, -0.15) is 0 Å². The van der Waals surface area contributed by atoms with Crippen LogP contribution < -0.4 is 5.73 Å². The number of benzene rings is 1. The van der Waals surface area contributed by atoms with Crippen molar-refractivity contribution < 1.29 is 4.74 Å². The number of halogens is 3. The standard InChI is InChI=1S/C11H9Br2ClN2O/c1-5-9(4-14)17-11(16-5)6-2-7(12)10(15)8(13)3-6/h2-5H,15H2,1H3. The Morgan fingerprint density at radius 3 is 2.47 bits per heavy atom. The Morgan fingerprint density at radius 2 is 2.00 bits per heavy atom. The molecular formula is C11H9Br2ClN2O. The minimum atomic E-state index is -0.0578. The minimum absolute atomic E-state index is 0.0578. The average Bonchev–Trinajstić information content (AvgIpc) is 2.66. The summed E-state index contributed by atoms with van der Waals surface area (Å²) >= 11 is 12.4. The second-order valence-electron chi connectivity index (χ2n) is 3.58. The molecule has 90 valence electrons. The Bertz CT molecular complexity index is 505. The Hall–Kier alpha value is -0.520. The van der Waals surface area contributed by atoms with Gasteiger partial charge in [0.05, 0.1) is 5.69 Å². The largest absolute Gasteiger partial charge is 0.440 e. The second kappa shape index (κ2) is 5.00. The summed E-state index contributed by atoms with van der Waals surface area (Å²) in [6.07, 6.45) is 0. The summed E-state index contributed by atoms with van der Waals surface area (Å²) in [5.74, 6) is 1.19. The lowest BCUT2D eigenvalue weighted by atomic mass is 10.2. The van der Waals surface area contributed by atoms with Crippen LogP contribution in [0.15, 0.2) is 37.4 Å². The van der Waals surface area contributed by atoms with Crippen LogP contribution in [0.2, 0.25) is 0 Å². The molecule has 1 atom stereocenters. The van der Waals surface area contributed by atoms with Gasteiger partial charge in [-0.05, 0) is 50.9 Å². The quantitative estimate of drug-likeness (QED) is 0.748. The van der Waals surface area contributed by atoms with Gasteiger partial charge in [0, 0.05) is 20.0 Å². The predicted molar refractivity (Wildman–Crippen MR) is 77.3 cm³/mol. The molecule has 1 unspecified atom stereocenters. The summed E-state index contributed by atoms with van der Waals surface area (Å²) in [6, 6.07) is 3.67. The molecule has 3 nitrogen and oxygen atoms in total. The maximum Gasteiger partial charge on any atom is 0.222 e. The molecule has 1 aliphatic heterocycles. The first-order valence-electron chi connectivity index (χ1n) is 4.83. The van der Waals surface area contributed by atoms with Crippen molar-refractivity contribution in [3.63, 3.8) is 0 Å². The van der Waals surface area contributed by atoms with Crippen molar-refractivity contribution in [2.24, 2.45) is 4.99 Å². The van der Waals surface area contributed by atoms with Crippen molar-refractivity contribution >= 4 is 55.0 Å². The van der Waals surface area contributed by atoms with E-state index in [1.807, 2.05) is 19.1 Å². The maximum atomic E-state index is 5.82. The number of rotatable bonds is 1. The molecule has 1 heterocycles. The Kier molecular flexibility index (Phi) is 3.80. The molecule has 0 bridgehead atoms. The molecule has 0 radical (unpaired) electrons. The third-order valence-electron chi connectivity index (χ3n) is 2.37. The first-order valence-corrected chi connectivity index (χ1v) is 6.86. The van der Waals surface area contributed by atoms with Crippen LogP contribution in [-0.2, 0) is 4.74 Å². The highest BCUT2D eigenvalue weighted by Crippen LogP contribution is 2.31. The summed E-state index contributed by atoms with van der Waals surface area (Å²) < 4.78 is 7.15. The molecule has 1 aromatic rings. The van der Waals surface area contributed by atoms with E-state index in [1.165, 1.54) is 5.54 Å². The van der Waals surface area contributed by atoms with Crippen molar-refractivity contribution in [2.75, 3.05) is 5.73 Å². The van der Waals surface area contributed by atoms with E-state index in [1.54, 1.807) is 0 Å². The van der Waals surface area contributed by atoms with Gasteiger partial charge in [-0.1, -0.05) is 11.6 Å². The predicted octanol–water partition coefficient (Wildman–Crippen LogP) is 4.04. The molecule has 0 saturated carbocycles. The van der Waals surface area contributed by atoms with E-state index in [9.17, 15) is 0 Å². The van der Waals surface area contributed by atoms with Crippen LogP contribution in [0, 0.1) is 0 Å². The van der Waals surface area contributed by atoms with E-state index in [0.29, 0.717) is 17.3 Å². The van der Waals surface area contributed by atoms with E-state index in [-0.39, 0.29) is 6.04 Å².